The lowest BCUT2D eigenvalue weighted by atomic mass is 10.2. The summed E-state index contributed by atoms with van der Waals surface area (Å²) in [6, 6.07) is 8.07. The maximum absolute atomic E-state index is 12.0. The Kier molecular flexibility index (Phi) is 5.89. The highest BCUT2D eigenvalue weighted by molar-refractivity contribution is 5.96. The van der Waals surface area contributed by atoms with Crippen molar-refractivity contribution in [3.8, 4) is 0 Å². The second kappa shape index (κ2) is 8.09. The van der Waals surface area contributed by atoms with Crippen molar-refractivity contribution in [2.24, 2.45) is 0 Å². The van der Waals surface area contributed by atoms with Gasteiger partial charge in [-0.25, -0.2) is 4.79 Å². The number of hydrogen-bond acceptors (Lipinski definition) is 6. The third kappa shape index (κ3) is 4.90. The van der Waals surface area contributed by atoms with E-state index in [9.17, 15) is 14.4 Å². The molecule has 1 aromatic heterocycles. The van der Waals surface area contributed by atoms with Gasteiger partial charge in [-0.05, 0) is 25.1 Å². The third-order valence-corrected chi connectivity index (χ3v) is 3.42. The summed E-state index contributed by atoms with van der Waals surface area (Å²) in [4.78, 5) is 37.0. The van der Waals surface area contributed by atoms with E-state index in [1.165, 1.54) is 18.9 Å². The van der Waals surface area contributed by atoms with E-state index in [-0.39, 0.29) is 24.8 Å². The van der Waals surface area contributed by atoms with Gasteiger partial charge in [-0.1, -0.05) is 11.2 Å². The predicted molar refractivity (Wildman–Crippen MR) is 90.3 cm³/mol. The molecule has 1 heterocycles. The molecule has 0 fully saturated rings. The second-order valence-corrected chi connectivity index (χ2v) is 5.33. The van der Waals surface area contributed by atoms with Gasteiger partial charge in [0.05, 0.1) is 12.7 Å². The van der Waals surface area contributed by atoms with Gasteiger partial charge < -0.3 is 19.5 Å². The zero-order chi connectivity index (χ0) is 18.4. The summed E-state index contributed by atoms with van der Waals surface area (Å²) >= 11 is 0. The minimum atomic E-state index is -0.496. The fourth-order valence-electron chi connectivity index (χ4n) is 2.23. The smallest absolute Gasteiger partial charge is 0.337 e. The van der Waals surface area contributed by atoms with Crippen molar-refractivity contribution in [3.05, 3.63) is 41.7 Å². The number of hydrogen-bond donors (Lipinski definition) is 1. The summed E-state index contributed by atoms with van der Waals surface area (Å²) in [6.45, 7) is 3.26. The molecule has 1 aromatic carbocycles. The van der Waals surface area contributed by atoms with Crippen LogP contribution in [0.1, 0.15) is 29.5 Å². The summed E-state index contributed by atoms with van der Waals surface area (Å²) in [5.74, 6) is -0.134. The van der Waals surface area contributed by atoms with E-state index >= 15 is 0 Å². The molecule has 0 aliphatic carbocycles. The van der Waals surface area contributed by atoms with Crippen LogP contribution < -0.4 is 10.2 Å². The number of aryl methyl sites for hydroxylation is 1. The molecule has 2 rings (SSSR count). The van der Waals surface area contributed by atoms with Crippen LogP contribution >= 0.6 is 0 Å². The molecule has 8 nitrogen and oxygen atoms in total. The minimum Gasteiger partial charge on any atom is -0.465 e. The molecular weight excluding hydrogens is 326 g/mol. The molecule has 25 heavy (non-hydrogen) atoms. The first-order valence-electron chi connectivity index (χ1n) is 7.60. The minimum absolute atomic E-state index is 0.0634. The molecule has 0 radical (unpaired) electrons. The number of carbonyl (C=O) groups is 3. The van der Waals surface area contributed by atoms with Gasteiger partial charge >= 0.3 is 5.97 Å². The lowest BCUT2D eigenvalue weighted by molar-refractivity contribution is -0.117. The quantitative estimate of drug-likeness (QED) is 0.805. The van der Waals surface area contributed by atoms with Crippen LogP contribution in [0.5, 0.6) is 0 Å². The monoisotopic (exact) mass is 345 g/mol. The molecule has 0 atom stereocenters. The van der Waals surface area contributed by atoms with Crippen molar-refractivity contribution in [1.29, 1.82) is 0 Å². The van der Waals surface area contributed by atoms with Gasteiger partial charge in [-0.3, -0.25) is 9.59 Å². The molecule has 0 saturated heterocycles. The Morgan fingerprint density at radius 1 is 1.28 bits per heavy atom. The predicted octanol–water partition coefficient (Wildman–Crippen LogP) is 2.15. The normalized spacial score (nSPS) is 10.2. The molecule has 1 N–H and O–H groups in total. The Morgan fingerprint density at radius 3 is 2.64 bits per heavy atom. The van der Waals surface area contributed by atoms with Crippen LogP contribution in [0.15, 0.2) is 34.9 Å². The van der Waals surface area contributed by atoms with Crippen LogP contribution in [0.3, 0.4) is 0 Å². The highest BCUT2D eigenvalue weighted by atomic mass is 16.5. The van der Waals surface area contributed by atoms with E-state index in [2.05, 4.69) is 15.2 Å². The summed E-state index contributed by atoms with van der Waals surface area (Å²) in [5.41, 5.74) is 0.842. The standard InChI is InChI=1S/C17H19N3O5/c1-11-9-15(19-25-11)18-16(22)7-8-20(12(2)21)14-6-4-5-13(10-14)17(23)24-3/h4-6,9-10H,7-8H2,1-3H3,(H,18,19,22). The van der Waals surface area contributed by atoms with Crippen molar-refractivity contribution in [1.82, 2.24) is 5.16 Å². The topological polar surface area (TPSA) is 102 Å². The van der Waals surface area contributed by atoms with Crippen LogP contribution in [0.4, 0.5) is 11.5 Å². The highest BCUT2D eigenvalue weighted by Gasteiger charge is 2.16. The number of amides is 2. The maximum atomic E-state index is 12.0. The summed E-state index contributed by atoms with van der Waals surface area (Å²) in [5, 5.41) is 6.27. The molecule has 2 amide bonds. The third-order valence-electron chi connectivity index (χ3n) is 3.42. The van der Waals surface area contributed by atoms with Crippen LogP contribution in [-0.2, 0) is 14.3 Å². The largest absolute Gasteiger partial charge is 0.465 e. The number of benzene rings is 1. The van der Waals surface area contributed by atoms with E-state index in [0.29, 0.717) is 22.8 Å². The first-order chi connectivity index (χ1) is 11.9. The van der Waals surface area contributed by atoms with Gasteiger partial charge in [0.1, 0.15) is 5.76 Å². The Balaban J connectivity index is 2.04. The van der Waals surface area contributed by atoms with E-state index in [0.717, 1.165) is 0 Å². The van der Waals surface area contributed by atoms with E-state index < -0.39 is 5.97 Å². The maximum Gasteiger partial charge on any atom is 0.337 e. The first kappa shape index (κ1) is 18.2. The molecule has 0 aliphatic heterocycles. The van der Waals surface area contributed by atoms with Crippen molar-refractivity contribution >= 4 is 29.3 Å². The fraction of sp³-hybridized carbons (Fsp3) is 0.294. The highest BCUT2D eigenvalue weighted by Crippen LogP contribution is 2.18. The number of anilines is 2. The second-order valence-electron chi connectivity index (χ2n) is 5.33. The molecule has 132 valence electrons. The molecule has 2 aromatic rings. The average molecular weight is 345 g/mol. The number of esters is 1. The number of methoxy groups -OCH3 is 1. The molecule has 0 saturated carbocycles. The number of ether oxygens (including phenoxy) is 1. The van der Waals surface area contributed by atoms with E-state index in [1.54, 1.807) is 37.3 Å². The van der Waals surface area contributed by atoms with Crippen LogP contribution in [0, 0.1) is 6.92 Å². The summed E-state index contributed by atoms with van der Waals surface area (Å²) in [7, 11) is 1.29. The average Bonchev–Trinajstić information content (AvgIpc) is 2.99. The van der Waals surface area contributed by atoms with Crippen molar-refractivity contribution in [2.45, 2.75) is 20.3 Å². The molecule has 8 heteroatoms. The Bertz CT molecular complexity index is 784. The van der Waals surface area contributed by atoms with E-state index in [4.69, 9.17) is 4.52 Å². The molecule has 0 spiro atoms. The fourth-order valence-corrected chi connectivity index (χ4v) is 2.23. The summed E-state index contributed by atoms with van der Waals surface area (Å²) < 4.78 is 9.55. The lowest BCUT2D eigenvalue weighted by Gasteiger charge is -2.21. The number of nitrogens with one attached hydrogen (secondary N) is 1. The Hall–Kier alpha value is -3.16. The Morgan fingerprint density at radius 2 is 2.04 bits per heavy atom. The molecule has 0 bridgehead atoms. The van der Waals surface area contributed by atoms with Gasteiger partial charge in [0, 0.05) is 31.6 Å². The first-order valence-corrected chi connectivity index (χ1v) is 7.60. The molecular formula is C17H19N3O5. The Labute approximate surface area is 144 Å². The van der Waals surface area contributed by atoms with E-state index in [1.807, 2.05) is 0 Å². The molecule has 0 aliphatic rings. The van der Waals surface area contributed by atoms with Gasteiger partial charge in [0.25, 0.3) is 0 Å². The van der Waals surface area contributed by atoms with Gasteiger partial charge in [-0.2, -0.15) is 0 Å². The SMILES string of the molecule is COC(=O)c1cccc(N(CCC(=O)Nc2cc(C)on2)C(C)=O)c1. The number of carbonyl (C=O) groups excluding carboxylic acids is 3. The lowest BCUT2D eigenvalue weighted by Crippen LogP contribution is -2.32. The van der Waals surface area contributed by atoms with Crippen LogP contribution in [0.25, 0.3) is 0 Å². The van der Waals surface area contributed by atoms with Gasteiger partial charge in [0.15, 0.2) is 5.82 Å². The van der Waals surface area contributed by atoms with Crippen molar-refractivity contribution in [2.75, 3.05) is 23.9 Å². The molecule has 0 unspecified atom stereocenters. The summed E-state index contributed by atoms with van der Waals surface area (Å²) in [6.07, 6.45) is 0.0634. The van der Waals surface area contributed by atoms with Crippen LogP contribution in [0.2, 0.25) is 0 Å². The number of nitrogens with zero attached hydrogens (tertiary/aromatic N) is 2. The number of aromatic nitrogens is 1. The zero-order valence-electron chi connectivity index (χ0n) is 14.2. The van der Waals surface area contributed by atoms with Crippen molar-refractivity contribution < 1.29 is 23.6 Å². The zero-order valence-corrected chi connectivity index (χ0v) is 14.2. The van der Waals surface area contributed by atoms with Gasteiger partial charge in [0.2, 0.25) is 11.8 Å². The number of rotatable bonds is 6. The van der Waals surface area contributed by atoms with Crippen molar-refractivity contribution in [3.63, 3.8) is 0 Å². The van der Waals surface area contributed by atoms with Gasteiger partial charge in [-0.15, -0.1) is 0 Å². The van der Waals surface area contributed by atoms with Crippen LogP contribution in [-0.4, -0.2) is 36.6 Å².